The summed E-state index contributed by atoms with van der Waals surface area (Å²) in [6.07, 6.45) is -1.77. The summed E-state index contributed by atoms with van der Waals surface area (Å²) in [5, 5.41) is 2.52. The lowest BCUT2D eigenvalue weighted by Gasteiger charge is -2.25. The summed E-state index contributed by atoms with van der Waals surface area (Å²) in [6.45, 7) is 2.37. The molecule has 2 amide bonds. The molecule has 2 atom stereocenters. The van der Waals surface area contributed by atoms with E-state index in [0.717, 1.165) is 17.8 Å². The van der Waals surface area contributed by atoms with Gasteiger partial charge in [-0.1, -0.05) is 6.92 Å². The molecule has 9 heteroatoms. The fraction of sp³-hybridized carbons (Fsp3) is 0.526. The van der Waals surface area contributed by atoms with E-state index in [-0.39, 0.29) is 38.2 Å². The number of halogens is 3. The Morgan fingerprint density at radius 1 is 1.25 bits per heavy atom. The minimum absolute atomic E-state index is 0.00903. The average Bonchev–Trinajstić information content (AvgIpc) is 3.21. The highest BCUT2D eigenvalue weighted by Crippen LogP contribution is 2.48. The molecule has 5 rings (SSSR count). The van der Waals surface area contributed by atoms with Crippen molar-refractivity contribution in [1.82, 2.24) is 9.88 Å². The van der Waals surface area contributed by atoms with Crippen molar-refractivity contribution < 1.29 is 22.8 Å². The minimum atomic E-state index is -4.59. The first-order chi connectivity index (χ1) is 13.3. The van der Waals surface area contributed by atoms with Crippen molar-refractivity contribution in [3.05, 3.63) is 21.7 Å². The number of nitrogens with one attached hydrogen (secondary N) is 1. The van der Waals surface area contributed by atoms with Gasteiger partial charge >= 0.3 is 6.18 Å². The first-order valence-electron chi connectivity index (χ1n) is 9.43. The quantitative estimate of drug-likeness (QED) is 0.716. The van der Waals surface area contributed by atoms with Crippen LogP contribution >= 0.6 is 11.3 Å². The van der Waals surface area contributed by atoms with Gasteiger partial charge in [-0.25, -0.2) is 4.98 Å². The molecule has 5 nitrogen and oxygen atoms in total. The van der Waals surface area contributed by atoms with Crippen LogP contribution in [0, 0.1) is 5.92 Å². The van der Waals surface area contributed by atoms with Crippen LogP contribution in [0.2, 0.25) is 0 Å². The van der Waals surface area contributed by atoms with E-state index < -0.39 is 23.7 Å². The predicted octanol–water partition coefficient (Wildman–Crippen LogP) is 4.00. The van der Waals surface area contributed by atoms with Crippen LogP contribution in [0.15, 0.2) is 0 Å². The Hall–Kier alpha value is -2.16. The smallest absolute Gasteiger partial charge is 0.326 e. The zero-order valence-electron chi connectivity index (χ0n) is 15.2. The zero-order chi connectivity index (χ0) is 19.8. The zero-order valence-corrected chi connectivity index (χ0v) is 16.0. The van der Waals surface area contributed by atoms with Crippen molar-refractivity contribution in [2.45, 2.75) is 51.2 Å². The molecule has 148 valence electrons. The van der Waals surface area contributed by atoms with E-state index in [0.29, 0.717) is 37.9 Å². The maximum Gasteiger partial charge on any atom is 0.417 e. The number of rotatable bonds is 0. The van der Waals surface area contributed by atoms with Gasteiger partial charge in [-0.05, 0) is 43.6 Å². The molecular weight excluding hydrogens is 391 g/mol. The number of fused-ring (bicyclic) bond motifs is 5. The third-order valence-electron chi connectivity index (χ3n) is 6.00. The lowest BCUT2D eigenvalue weighted by molar-refractivity contribution is -0.137. The number of pyridine rings is 1. The number of carbonyl (C=O) groups is 2. The number of thiophene rings is 1. The number of nitrogens with zero attached hydrogens (tertiary/aromatic N) is 2. The fourth-order valence-electron chi connectivity index (χ4n) is 4.68. The summed E-state index contributed by atoms with van der Waals surface area (Å²) >= 11 is 0.959. The van der Waals surface area contributed by atoms with Gasteiger partial charge in [0.2, 0.25) is 5.91 Å². The monoisotopic (exact) mass is 409 g/mol. The topological polar surface area (TPSA) is 62.3 Å². The molecule has 2 aromatic rings. The molecule has 28 heavy (non-hydrogen) atoms. The third kappa shape index (κ3) is 2.48. The van der Waals surface area contributed by atoms with Gasteiger partial charge in [-0.3, -0.25) is 9.59 Å². The molecule has 0 radical (unpaired) electrons. The van der Waals surface area contributed by atoms with Crippen molar-refractivity contribution >= 4 is 39.1 Å². The molecule has 0 aromatic carbocycles. The van der Waals surface area contributed by atoms with Crippen LogP contribution in [0.25, 0.3) is 10.2 Å². The van der Waals surface area contributed by atoms with Crippen LogP contribution in [-0.2, 0) is 23.8 Å². The van der Waals surface area contributed by atoms with Gasteiger partial charge in [0.15, 0.2) is 0 Å². The molecule has 0 saturated carbocycles. The molecule has 1 aliphatic carbocycles. The van der Waals surface area contributed by atoms with Crippen molar-refractivity contribution in [3.8, 4) is 0 Å². The van der Waals surface area contributed by atoms with E-state index in [4.69, 9.17) is 0 Å². The molecule has 1 N–H and O–H groups in total. The lowest BCUT2D eigenvalue weighted by atomic mass is 9.84. The second kappa shape index (κ2) is 5.92. The highest BCUT2D eigenvalue weighted by atomic mass is 32.1. The van der Waals surface area contributed by atoms with Gasteiger partial charge in [0.25, 0.3) is 5.91 Å². The van der Waals surface area contributed by atoms with Crippen molar-refractivity contribution in [3.63, 3.8) is 0 Å². The van der Waals surface area contributed by atoms with E-state index in [9.17, 15) is 22.8 Å². The molecule has 0 spiro atoms. The Balaban J connectivity index is 1.82. The average molecular weight is 409 g/mol. The van der Waals surface area contributed by atoms with Gasteiger partial charge in [0.05, 0.1) is 11.3 Å². The van der Waals surface area contributed by atoms with Crippen LogP contribution in [0.5, 0.6) is 0 Å². The van der Waals surface area contributed by atoms with E-state index in [1.54, 1.807) is 0 Å². The summed E-state index contributed by atoms with van der Waals surface area (Å²) in [5.41, 5.74) is -0.0603. The van der Waals surface area contributed by atoms with Gasteiger partial charge in [0.1, 0.15) is 15.7 Å². The van der Waals surface area contributed by atoms with Crippen molar-refractivity contribution in [2.75, 3.05) is 11.9 Å². The van der Waals surface area contributed by atoms with E-state index in [1.807, 2.05) is 6.92 Å². The Morgan fingerprint density at radius 2 is 2.04 bits per heavy atom. The normalized spacial score (nSPS) is 24.6. The number of amides is 2. The first-order valence-corrected chi connectivity index (χ1v) is 10.2. The Bertz CT molecular complexity index is 1030. The number of alkyl halides is 3. The molecule has 4 heterocycles. The number of hydrogen-bond donors (Lipinski definition) is 1. The van der Waals surface area contributed by atoms with Crippen LogP contribution in [0.3, 0.4) is 0 Å². The Labute approximate surface area is 162 Å². The number of carbonyl (C=O) groups excluding carboxylic acids is 2. The molecule has 2 aliphatic heterocycles. The Morgan fingerprint density at radius 3 is 2.79 bits per heavy atom. The van der Waals surface area contributed by atoms with Gasteiger partial charge < -0.3 is 10.2 Å². The summed E-state index contributed by atoms with van der Waals surface area (Å²) in [7, 11) is 0. The largest absolute Gasteiger partial charge is 0.417 e. The molecule has 2 aromatic heterocycles. The fourth-order valence-corrected chi connectivity index (χ4v) is 5.79. The molecule has 1 fully saturated rings. The van der Waals surface area contributed by atoms with Crippen LogP contribution in [0.1, 0.15) is 52.7 Å². The summed E-state index contributed by atoms with van der Waals surface area (Å²) in [5.74, 6) is -0.659. The van der Waals surface area contributed by atoms with Gasteiger partial charge in [-0.2, -0.15) is 13.2 Å². The van der Waals surface area contributed by atoms with Crippen molar-refractivity contribution in [2.24, 2.45) is 5.92 Å². The highest BCUT2D eigenvalue weighted by molar-refractivity contribution is 7.21. The first kappa shape index (κ1) is 17.9. The molecule has 0 unspecified atom stereocenters. The summed E-state index contributed by atoms with van der Waals surface area (Å²) in [6, 6.07) is -0.609. The lowest BCUT2D eigenvalue weighted by Crippen LogP contribution is -2.40. The van der Waals surface area contributed by atoms with E-state index in [1.165, 1.54) is 4.90 Å². The minimum Gasteiger partial charge on any atom is -0.326 e. The molecular formula is C19H18F3N3O2S. The maximum atomic E-state index is 14.2. The number of hydrogen-bond acceptors (Lipinski definition) is 4. The van der Waals surface area contributed by atoms with Crippen LogP contribution in [0.4, 0.5) is 18.9 Å². The second-order valence-corrected chi connectivity index (χ2v) is 8.89. The van der Waals surface area contributed by atoms with Crippen molar-refractivity contribution in [1.29, 1.82) is 0 Å². The Kier molecular flexibility index (Phi) is 3.78. The second-order valence-electron chi connectivity index (χ2n) is 7.89. The van der Waals surface area contributed by atoms with Crippen LogP contribution in [-0.4, -0.2) is 34.3 Å². The summed E-state index contributed by atoms with van der Waals surface area (Å²) in [4.78, 5) is 32.0. The third-order valence-corrected chi connectivity index (χ3v) is 7.07. The highest BCUT2D eigenvalue weighted by Gasteiger charge is 2.44. The van der Waals surface area contributed by atoms with E-state index >= 15 is 0 Å². The number of anilines is 1. The SMILES string of the molecule is C[C@H]1CCc2nc3sc4c(c3c(C(F)(F)F)c2C1)NC(=O)[C@@H]1CCCN1C4=O. The molecule has 1 saturated heterocycles. The molecule has 3 aliphatic rings. The standard InChI is InChI=1S/C19H18F3N3O2S/c1-8-4-5-10-9(7-8)13(19(20,21)22)12-14-15(28-17(12)23-10)18(27)25-6-2-3-11(25)16(26)24-14/h8,11H,2-7H2,1H3,(H,24,26)/t8-,11-/m0/s1. The van der Waals surface area contributed by atoms with Crippen LogP contribution < -0.4 is 5.32 Å². The maximum absolute atomic E-state index is 14.2. The number of aryl methyl sites for hydroxylation is 1. The van der Waals surface area contributed by atoms with Gasteiger partial charge in [-0.15, -0.1) is 11.3 Å². The summed E-state index contributed by atoms with van der Waals surface area (Å²) < 4.78 is 42.5. The van der Waals surface area contributed by atoms with Gasteiger partial charge in [0, 0.05) is 17.6 Å². The molecule has 0 bridgehead atoms. The van der Waals surface area contributed by atoms with E-state index in [2.05, 4.69) is 10.3 Å². The number of aromatic nitrogens is 1. The predicted molar refractivity (Wildman–Crippen MR) is 98.5 cm³/mol.